The highest BCUT2D eigenvalue weighted by atomic mass is 32.2. The van der Waals surface area contributed by atoms with Crippen LogP contribution >= 0.6 is 0 Å². The maximum atomic E-state index is 11.4. The fourth-order valence-electron chi connectivity index (χ4n) is 1.84. The van der Waals surface area contributed by atoms with Gasteiger partial charge in [0.05, 0.1) is 6.42 Å². The van der Waals surface area contributed by atoms with Gasteiger partial charge in [0, 0.05) is 5.92 Å². The number of allylic oxidation sites excluding steroid dienone is 1. The van der Waals surface area contributed by atoms with Crippen LogP contribution in [-0.2, 0) is 19.7 Å². The Balaban J connectivity index is 5.98. The lowest BCUT2D eigenvalue weighted by Crippen LogP contribution is -2.53. The summed E-state index contributed by atoms with van der Waals surface area (Å²) in [6, 6.07) is 0. The molecule has 0 radical (unpaired) electrons. The largest absolute Gasteiger partial charge is 0.481 e. The molecule has 0 aromatic rings. The van der Waals surface area contributed by atoms with Crippen molar-refractivity contribution in [2.45, 2.75) is 30.9 Å². The lowest BCUT2D eigenvalue weighted by molar-refractivity contribution is -0.148. The van der Waals surface area contributed by atoms with E-state index in [0.717, 1.165) is 6.08 Å². The van der Waals surface area contributed by atoms with Gasteiger partial charge in [-0.3, -0.25) is 14.1 Å². The van der Waals surface area contributed by atoms with E-state index in [9.17, 15) is 18.0 Å². The fourth-order valence-corrected chi connectivity index (χ4v) is 2.96. The summed E-state index contributed by atoms with van der Waals surface area (Å²) in [5.74, 6) is -4.71. The Morgan fingerprint density at radius 1 is 1.39 bits per heavy atom. The third-order valence-electron chi connectivity index (χ3n) is 2.72. The number of aliphatic carboxylic acids is 2. The first kappa shape index (κ1) is 16.6. The molecule has 2 unspecified atom stereocenters. The summed E-state index contributed by atoms with van der Waals surface area (Å²) >= 11 is 0. The predicted molar refractivity (Wildman–Crippen MR) is 62.8 cm³/mol. The smallest absolute Gasteiger partial charge is 0.328 e. The summed E-state index contributed by atoms with van der Waals surface area (Å²) in [7, 11) is -5.11. The second-order valence-corrected chi connectivity index (χ2v) is 5.55. The number of hydrogen-bond acceptors (Lipinski definition) is 4. The summed E-state index contributed by atoms with van der Waals surface area (Å²) < 4.78 is 29.1. The van der Waals surface area contributed by atoms with Crippen LogP contribution in [0, 0.1) is 5.92 Å². The van der Waals surface area contributed by atoms with E-state index in [1.165, 1.54) is 0 Å². The van der Waals surface area contributed by atoms with E-state index in [1.54, 1.807) is 6.92 Å². The zero-order valence-electron chi connectivity index (χ0n) is 9.87. The van der Waals surface area contributed by atoms with Gasteiger partial charge in [-0.05, 0) is 6.42 Å². The molecule has 0 saturated heterocycles. The quantitative estimate of drug-likeness (QED) is 0.442. The number of carboxylic acids is 2. The molecule has 0 fully saturated rings. The van der Waals surface area contributed by atoms with Gasteiger partial charge in [0.15, 0.2) is 0 Å². The Bertz CT molecular complexity index is 439. The molecule has 0 spiro atoms. The van der Waals surface area contributed by atoms with E-state index >= 15 is 0 Å². The standard InChI is InChI=1S/C10H16O7S/c1-3-5-7(4-2)10(9(13)14,6-8(11)12)18(15,16)17/h4,7H,2-3,5-6H2,1H3,(H,11,12)(H,13,14)(H,15,16,17). The van der Waals surface area contributed by atoms with Gasteiger partial charge in [-0.25, -0.2) is 0 Å². The summed E-state index contributed by atoms with van der Waals surface area (Å²) in [4.78, 5) is 21.9. The maximum absolute atomic E-state index is 11.4. The molecule has 18 heavy (non-hydrogen) atoms. The third-order valence-corrected chi connectivity index (χ3v) is 4.26. The fraction of sp³-hybridized carbons (Fsp3) is 0.600. The second kappa shape index (κ2) is 5.96. The number of carbonyl (C=O) groups is 2. The van der Waals surface area contributed by atoms with Gasteiger partial charge in [-0.2, -0.15) is 8.42 Å². The molecule has 3 N–H and O–H groups in total. The first-order valence-electron chi connectivity index (χ1n) is 5.18. The van der Waals surface area contributed by atoms with Crippen molar-refractivity contribution in [1.82, 2.24) is 0 Å². The minimum absolute atomic E-state index is 0.0862. The molecule has 0 rings (SSSR count). The normalized spacial score (nSPS) is 16.6. The van der Waals surface area contributed by atoms with Crippen molar-refractivity contribution in [1.29, 1.82) is 0 Å². The molecule has 0 aromatic carbocycles. The van der Waals surface area contributed by atoms with Crippen molar-refractivity contribution in [2.75, 3.05) is 0 Å². The molecular weight excluding hydrogens is 264 g/mol. The maximum Gasteiger partial charge on any atom is 0.328 e. The minimum Gasteiger partial charge on any atom is -0.481 e. The Hall–Kier alpha value is -1.41. The lowest BCUT2D eigenvalue weighted by atomic mass is 9.85. The summed E-state index contributed by atoms with van der Waals surface area (Å²) in [6.45, 7) is 4.99. The van der Waals surface area contributed by atoms with Crippen molar-refractivity contribution in [3.63, 3.8) is 0 Å². The zero-order valence-corrected chi connectivity index (χ0v) is 10.7. The third kappa shape index (κ3) is 3.08. The molecule has 0 saturated carbocycles. The molecule has 0 amide bonds. The molecule has 2 atom stereocenters. The molecule has 0 heterocycles. The van der Waals surface area contributed by atoms with Crippen LogP contribution < -0.4 is 0 Å². The first-order chi connectivity index (χ1) is 8.13. The van der Waals surface area contributed by atoms with Crippen LogP contribution in [0.3, 0.4) is 0 Å². The minimum atomic E-state index is -5.11. The molecule has 0 aliphatic heterocycles. The van der Waals surface area contributed by atoms with Gasteiger partial charge in [0.25, 0.3) is 10.1 Å². The zero-order chi connectivity index (χ0) is 14.6. The van der Waals surface area contributed by atoms with Crippen molar-refractivity contribution in [2.24, 2.45) is 5.92 Å². The first-order valence-corrected chi connectivity index (χ1v) is 6.62. The average Bonchev–Trinajstić information content (AvgIpc) is 2.20. The van der Waals surface area contributed by atoms with E-state index in [2.05, 4.69) is 6.58 Å². The van der Waals surface area contributed by atoms with Crippen LogP contribution in [0.4, 0.5) is 0 Å². The van der Waals surface area contributed by atoms with E-state index in [0.29, 0.717) is 6.42 Å². The predicted octanol–water partition coefficient (Wildman–Crippen LogP) is 0.775. The van der Waals surface area contributed by atoms with Crippen molar-refractivity contribution < 1.29 is 32.8 Å². The number of hydrogen-bond donors (Lipinski definition) is 3. The van der Waals surface area contributed by atoms with Crippen molar-refractivity contribution in [3.05, 3.63) is 12.7 Å². The molecule has 0 aliphatic rings. The summed E-state index contributed by atoms with van der Waals surface area (Å²) in [6.07, 6.45) is 0.329. The summed E-state index contributed by atoms with van der Waals surface area (Å²) in [5, 5.41) is 17.8. The highest BCUT2D eigenvalue weighted by molar-refractivity contribution is 7.88. The topological polar surface area (TPSA) is 129 Å². The molecule has 0 aromatic heterocycles. The Morgan fingerprint density at radius 3 is 2.11 bits per heavy atom. The Kier molecular flexibility index (Phi) is 5.50. The summed E-state index contributed by atoms with van der Waals surface area (Å²) in [5.41, 5.74) is 0. The van der Waals surface area contributed by atoms with Crippen LogP contribution in [0.1, 0.15) is 26.2 Å². The van der Waals surface area contributed by atoms with E-state index in [4.69, 9.17) is 14.8 Å². The Morgan fingerprint density at radius 2 is 1.89 bits per heavy atom. The highest BCUT2D eigenvalue weighted by Gasteiger charge is 2.56. The van der Waals surface area contributed by atoms with Crippen LogP contribution in [0.25, 0.3) is 0 Å². The average molecular weight is 280 g/mol. The number of carboxylic acid groups (broad SMARTS) is 2. The van der Waals surface area contributed by atoms with Gasteiger partial charge in [0.2, 0.25) is 4.75 Å². The van der Waals surface area contributed by atoms with Crippen molar-refractivity contribution >= 4 is 22.1 Å². The van der Waals surface area contributed by atoms with Gasteiger partial charge in [0.1, 0.15) is 0 Å². The van der Waals surface area contributed by atoms with Crippen LogP contribution in [0.5, 0.6) is 0 Å². The van der Waals surface area contributed by atoms with Crippen LogP contribution in [0.15, 0.2) is 12.7 Å². The van der Waals surface area contributed by atoms with Gasteiger partial charge in [-0.1, -0.05) is 19.4 Å². The molecule has 104 valence electrons. The molecule has 0 aliphatic carbocycles. The number of rotatable bonds is 8. The van der Waals surface area contributed by atoms with Crippen LogP contribution in [0.2, 0.25) is 0 Å². The molecule has 7 nitrogen and oxygen atoms in total. The van der Waals surface area contributed by atoms with E-state index in [-0.39, 0.29) is 6.42 Å². The molecule has 8 heteroatoms. The second-order valence-electron chi connectivity index (χ2n) is 3.87. The Labute approximate surface area is 105 Å². The SMILES string of the molecule is C=CC(CCC)C(CC(=O)O)(C(=O)O)S(=O)(=O)O. The van der Waals surface area contributed by atoms with Gasteiger partial charge < -0.3 is 10.2 Å². The van der Waals surface area contributed by atoms with Crippen molar-refractivity contribution in [3.8, 4) is 0 Å². The molecule has 0 bridgehead atoms. The van der Waals surface area contributed by atoms with Gasteiger partial charge >= 0.3 is 11.9 Å². The van der Waals surface area contributed by atoms with Crippen LogP contribution in [-0.4, -0.2) is 39.9 Å². The van der Waals surface area contributed by atoms with Gasteiger partial charge in [-0.15, -0.1) is 6.58 Å². The van der Waals surface area contributed by atoms with E-state index < -0.39 is 39.1 Å². The van der Waals surface area contributed by atoms with E-state index in [1.807, 2.05) is 0 Å². The monoisotopic (exact) mass is 280 g/mol. The lowest BCUT2D eigenvalue weighted by Gasteiger charge is -2.31. The molecular formula is C10H16O7S. The highest BCUT2D eigenvalue weighted by Crippen LogP contribution is 2.34.